The molecule has 1 aromatic carbocycles. The molecule has 1 aromatic rings. The predicted octanol–water partition coefficient (Wildman–Crippen LogP) is 1.83. The Hall–Kier alpha value is -0.900. The summed E-state index contributed by atoms with van der Waals surface area (Å²) in [5.41, 5.74) is 0.811. The minimum absolute atomic E-state index is 0.151. The van der Waals surface area contributed by atoms with Gasteiger partial charge in [-0.05, 0) is 17.7 Å². The van der Waals surface area contributed by atoms with E-state index in [-0.39, 0.29) is 5.75 Å². The van der Waals surface area contributed by atoms with Gasteiger partial charge in [-0.2, -0.15) is 0 Å². The van der Waals surface area contributed by atoms with E-state index in [1.807, 2.05) is 0 Å². The van der Waals surface area contributed by atoms with Crippen LogP contribution in [0, 0.1) is 0 Å². The highest BCUT2D eigenvalue weighted by Gasteiger charge is 1.98. The maximum Gasteiger partial charge on any atom is 0.172 e. The van der Waals surface area contributed by atoms with Crippen LogP contribution >= 0.6 is 0 Å². The Morgan fingerprint density at radius 1 is 1.58 bits per heavy atom. The summed E-state index contributed by atoms with van der Waals surface area (Å²) in [4.78, 5) is 3.54. The van der Waals surface area contributed by atoms with Gasteiger partial charge in [0.15, 0.2) is 5.75 Å². The highest BCUT2D eigenvalue weighted by Crippen LogP contribution is 2.14. The van der Waals surface area contributed by atoms with E-state index in [4.69, 9.17) is 0 Å². The highest BCUT2D eigenvalue weighted by atomic mass is 32.2. The van der Waals surface area contributed by atoms with Crippen molar-refractivity contribution in [2.45, 2.75) is 5.75 Å². The van der Waals surface area contributed by atoms with Gasteiger partial charge < -0.3 is 0 Å². The van der Waals surface area contributed by atoms with Crippen LogP contribution in [-0.2, 0) is 16.6 Å². The Morgan fingerprint density at radius 3 is 2.92 bits per heavy atom. The summed E-state index contributed by atoms with van der Waals surface area (Å²) >= 11 is 0. The predicted molar refractivity (Wildman–Crippen MR) is 45.9 cm³/mol. The minimum atomic E-state index is -0.905. The fourth-order valence-corrected chi connectivity index (χ4v) is 1.57. The second-order valence-electron chi connectivity index (χ2n) is 2.44. The van der Waals surface area contributed by atoms with E-state index in [0.29, 0.717) is 5.75 Å². The van der Waals surface area contributed by atoms with Crippen molar-refractivity contribution in [1.82, 2.24) is 0 Å². The van der Waals surface area contributed by atoms with Gasteiger partial charge in [0.05, 0.1) is 0 Å². The quantitative estimate of drug-likeness (QED) is 0.723. The van der Waals surface area contributed by atoms with Gasteiger partial charge in [-0.1, -0.05) is 12.1 Å². The number of halogens is 1. The van der Waals surface area contributed by atoms with Crippen molar-refractivity contribution in [3.8, 4) is 5.75 Å². The van der Waals surface area contributed by atoms with Crippen LogP contribution in [0.25, 0.3) is 0 Å². The van der Waals surface area contributed by atoms with Crippen LogP contribution in [0.1, 0.15) is 5.56 Å². The Kier molecular flexibility index (Phi) is 3.22. The zero-order valence-electron chi connectivity index (χ0n) is 6.62. The van der Waals surface area contributed by atoms with Crippen LogP contribution in [0.3, 0.4) is 0 Å². The van der Waals surface area contributed by atoms with Crippen molar-refractivity contribution in [2.24, 2.45) is 0 Å². The van der Waals surface area contributed by atoms with Crippen LogP contribution in [0.5, 0.6) is 5.75 Å². The van der Waals surface area contributed by atoms with Gasteiger partial charge in [0.25, 0.3) is 0 Å². The molecular formula is C8H9FO2S. The monoisotopic (exact) mass is 188 g/mol. The number of rotatable bonds is 3. The molecule has 4 heteroatoms. The first-order valence-corrected chi connectivity index (χ1v) is 5.12. The molecular weight excluding hydrogens is 179 g/mol. The van der Waals surface area contributed by atoms with Gasteiger partial charge in [-0.15, -0.1) is 0 Å². The van der Waals surface area contributed by atoms with Crippen LogP contribution in [0.15, 0.2) is 24.3 Å². The normalized spacial score (nSPS) is 12.5. The molecule has 0 aliphatic carbocycles. The van der Waals surface area contributed by atoms with E-state index in [9.17, 15) is 8.74 Å². The Bertz CT molecular complexity index is 288. The fraction of sp³-hybridized carbons (Fsp3) is 0.250. The minimum Gasteiger partial charge on any atom is -0.294 e. The molecule has 66 valence electrons. The lowest BCUT2D eigenvalue weighted by molar-refractivity contribution is -0.00626. The lowest BCUT2D eigenvalue weighted by Gasteiger charge is -1.98. The SMILES string of the molecule is CS(=O)Cc1cccc(OF)c1. The van der Waals surface area contributed by atoms with E-state index in [1.165, 1.54) is 12.1 Å². The molecule has 0 aliphatic rings. The van der Waals surface area contributed by atoms with E-state index < -0.39 is 10.8 Å². The molecule has 0 saturated heterocycles. The second kappa shape index (κ2) is 4.21. The largest absolute Gasteiger partial charge is 0.294 e. The molecule has 0 fully saturated rings. The lowest BCUT2D eigenvalue weighted by atomic mass is 10.2. The highest BCUT2D eigenvalue weighted by molar-refractivity contribution is 7.83. The van der Waals surface area contributed by atoms with E-state index in [1.54, 1.807) is 18.4 Å². The molecule has 0 amide bonds. The third-order valence-corrected chi connectivity index (χ3v) is 2.10. The summed E-state index contributed by atoms with van der Waals surface area (Å²) in [6, 6.07) is 6.48. The van der Waals surface area contributed by atoms with Crippen molar-refractivity contribution in [3.05, 3.63) is 29.8 Å². The summed E-state index contributed by atoms with van der Waals surface area (Å²) in [5.74, 6) is 0.579. The first-order valence-electron chi connectivity index (χ1n) is 3.40. The van der Waals surface area contributed by atoms with Gasteiger partial charge in [-0.3, -0.25) is 9.15 Å². The van der Waals surface area contributed by atoms with E-state index >= 15 is 0 Å². The maximum absolute atomic E-state index is 11.7. The van der Waals surface area contributed by atoms with Gasteiger partial charge in [0.1, 0.15) is 0 Å². The molecule has 0 spiro atoms. The Balaban J connectivity index is 2.79. The molecule has 0 aliphatic heterocycles. The summed E-state index contributed by atoms with van der Waals surface area (Å²) < 4.78 is 22.5. The topological polar surface area (TPSA) is 26.3 Å². The van der Waals surface area contributed by atoms with Gasteiger partial charge in [-0.25, -0.2) is 0 Å². The lowest BCUT2D eigenvalue weighted by Crippen LogP contribution is -1.91. The maximum atomic E-state index is 11.7. The van der Waals surface area contributed by atoms with Crippen molar-refractivity contribution in [3.63, 3.8) is 0 Å². The first kappa shape index (κ1) is 9.19. The Labute approximate surface area is 72.7 Å². The third kappa shape index (κ3) is 2.62. The Morgan fingerprint density at radius 2 is 2.33 bits per heavy atom. The second-order valence-corrected chi connectivity index (χ2v) is 3.88. The molecule has 0 radical (unpaired) electrons. The van der Waals surface area contributed by atoms with Gasteiger partial charge in [0.2, 0.25) is 0 Å². The molecule has 1 atom stereocenters. The number of hydrogen-bond donors (Lipinski definition) is 0. The van der Waals surface area contributed by atoms with Crippen molar-refractivity contribution in [2.75, 3.05) is 6.26 Å². The average molecular weight is 188 g/mol. The zero-order chi connectivity index (χ0) is 8.97. The molecule has 1 unspecified atom stereocenters. The molecule has 1 rings (SSSR count). The van der Waals surface area contributed by atoms with Crippen LogP contribution < -0.4 is 4.94 Å². The van der Waals surface area contributed by atoms with Gasteiger partial charge >= 0.3 is 0 Å². The molecule has 0 heterocycles. The number of benzene rings is 1. The van der Waals surface area contributed by atoms with E-state index in [2.05, 4.69) is 4.94 Å². The van der Waals surface area contributed by atoms with Crippen LogP contribution in [0.4, 0.5) is 4.53 Å². The molecule has 0 N–H and O–H groups in total. The molecule has 0 aromatic heterocycles. The summed E-state index contributed by atoms with van der Waals surface area (Å²) in [5, 5.41) is 0. The molecule has 12 heavy (non-hydrogen) atoms. The zero-order valence-corrected chi connectivity index (χ0v) is 7.44. The smallest absolute Gasteiger partial charge is 0.172 e. The van der Waals surface area contributed by atoms with Gasteiger partial charge in [0, 0.05) is 27.3 Å². The standard InChI is InChI=1S/C8H9FO2S/c1-12(10)6-7-3-2-4-8(5-7)11-9/h2-5H,6H2,1H3. The molecule has 0 bridgehead atoms. The summed E-state index contributed by atoms with van der Waals surface area (Å²) in [7, 11) is -0.905. The first-order chi connectivity index (χ1) is 5.72. The number of hydrogen-bond acceptors (Lipinski definition) is 2. The van der Waals surface area contributed by atoms with Crippen molar-refractivity contribution >= 4 is 10.8 Å². The average Bonchev–Trinajstić information content (AvgIpc) is 2.03. The molecule has 2 nitrogen and oxygen atoms in total. The fourth-order valence-electron chi connectivity index (χ4n) is 0.918. The molecule has 0 saturated carbocycles. The third-order valence-electron chi connectivity index (χ3n) is 1.36. The summed E-state index contributed by atoms with van der Waals surface area (Å²) in [6.45, 7) is 0. The van der Waals surface area contributed by atoms with Crippen molar-refractivity contribution < 1.29 is 13.7 Å². The van der Waals surface area contributed by atoms with Crippen LogP contribution in [0.2, 0.25) is 0 Å². The van der Waals surface area contributed by atoms with Crippen molar-refractivity contribution in [1.29, 1.82) is 0 Å². The van der Waals surface area contributed by atoms with Crippen LogP contribution in [-0.4, -0.2) is 10.5 Å². The summed E-state index contributed by atoms with van der Waals surface area (Å²) in [6.07, 6.45) is 1.60. The van der Waals surface area contributed by atoms with E-state index in [0.717, 1.165) is 5.56 Å².